The van der Waals surface area contributed by atoms with Gasteiger partial charge in [-0.2, -0.15) is 0 Å². The maximum Gasteiger partial charge on any atom is 0.254 e. The summed E-state index contributed by atoms with van der Waals surface area (Å²) in [5.74, 6) is 1.49. The third-order valence-corrected chi connectivity index (χ3v) is 7.55. The number of likely N-dealkylation sites (tertiary alicyclic amines) is 2. The van der Waals surface area contributed by atoms with Crippen LogP contribution in [0.1, 0.15) is 72.5 Å². The molecule has 6 heteroatoms. The second kappa shape index (κ2) is 9.69. The van der Waals surface area contributed by atoms with Gasteiger partial charge in [-0.05, 0) is 63.5 Å². The maximum atomic E-state index is 13.1. The van der Waals surface area contributed by atoms with Crippen LogP contribution in [-0.2, 0) is 4.79 Å². The van der Waals surface area contributed by atoms with Crippen molar-refractivity contribution in [1.29, 1.82) is 0 Å². The number of nitrogens with two attached hydrogens (primary N) is 1. The minimum Gasteiger partial charge on any atom is -0.345 e. The molecule has 2 aliphatic heterocycles. The van der Waals surface area contributed by atoms with E-state index >= 15 is 0 Å². The summed E-state index contributed by atoms with van der Waals surface area (Å²) in [4.78, 5) is 29.4. The monoisotopic (exact) mass is 391 g/mol. The minimum atomic E-state index is 0.254. The van der Waals surface area contributed by atoms with Crippen LogP contribution in [0.15, 0.2) is 11.4 Å². The summed E-state index contributed by atoms with van der Waals surface area (Å²) >= 11 is 1.73. The fourth-order valence-electron chi connectivity index (χ4n) is 5.01. The molecular formula is C21H33N3O2S. The van der Waals surface area contributed by atoms with Crippen molar-refractivity contribution in [2.24, 2.45) is 11.7 Å². The van der Waals surface area contributed by atoms with Crippen LogP contribution >= 0.6 is 11.3 Å². The normalized spacial score (nSPS) is 26.0. The zero-order chi connectivity index (χ0) is 19.2. The highest BCUT2D eigenvalue weighted by Crippen LogP contribution is 2.37. The summed E-state index contributed by atoms with van der Waals surface area (Å²) in [6.45, 7) is 2.61. The van der Waals surface area contributed by atoms with Crippen molar-refractivity contribution in [3.05, 3.63) is 21.9 Å². The number of thiophene rings is 1. The fourth-order valence-corrected chi connectivity index (χ4v) is 6.07. The van der Waals surface area contributed by atoms with Crippen LogP contribution in [0.4, 0.5) is 0 Å². The van der Waals surface area contributed by atoms with Gasteiger partial charge in [0.15, 0.2) is 0 Å². The number of carbonyl (C=O) groups excluding carboxylic acids is 2. The predicted molar refractivity (Wildman–Crippen MR) is 110 cm³/mol. The number of fused-ring (bicyclic) bond motifs is 1. The highest BCUT2D eigenvalue weighted by atomic mass is 32.1. The molecule has 0 aromatic carbocycles. The predicted octanol–water partition coefficient (Wildman–Crippen LogP) is 3.45. The molecule has 27 heavy (non-hydrogen) atoms. The molecule has 0 bridgehead atoms. The van der Waals surface area contributed by atoms with E-state index in [1.807, 2.05) is 4.90 Å². The van der Waals surface area contributed by atoms with Crippen molar-refractivity contribution < 1.29 is 9.59 Å². The Morgan fingerprint density at radius 1 is 1.07 bits per heavy atom. The number of rotatable bonds is 3. The Bertz CT molecular complexity index is 623. The summed E-state index contributed by atoms with van der Waals surface area (Å²) in [5.41, 5.74) is 5.39. The Morgan fingerprint density at radius 3 is 2.52 bits per heavy atom. The lowest BCUT2D eigenvalue weighted by Gasteiger charge is -2.44. The molecule has 2 amide bonds. The van der Waals surface area contributed by atoms with E-state index < -0.39 is 0 Å². The number of hydrogen-bond donors (Lipinski definition) is 1. The van der Waals surface area contributed by atoms with Crippen molar-refractivity contribution in [2.75, 3.05) is 26.7 Å². The number of carbonyl (C=O) groups is 2. The van der Waals surface area contributed by atoms with Crippen LogP contribution in [-0.4, -0.2) is 54.8 Å². The summed E-state index contributed by atoms with van der Waals surface area (Å²) < 4.78 is 0. The second-order valence-corrected chi connectivity index (χ2v) is 8.85. The molecule has 4 rings (SSSR count). The molecule has 3 fully saturated rings. The molecule has 1 aromatic heterocycles. The van der Waals surface area contributed by atoms with E-state index in [1.54, 1.807) is 11.3 Å². The highest BCUT2D eigenvalue weighted by Gasteiger charge is 2.36. The number of nitrogens with zero attached hydrogens (tertiary/aromatic N) is 2. The molecular weight excluding hydrogens is 358 g/mol. The van der Waals surface area contributed by atoms with Crippen LogP contribution in [0.25, 0.3) is 0 Å². The first-order valence-electron chi connectivity index (χ1n) is 10.4. The fraction of sp³-hybridized carbons (Fsp3) is 0.714. The van der Waals surface area contributed by atoms with Crippen molar-refractivity contribution in [2.45, 2.75) is 63.3 Å². The molecule has 2 saturated heterocycles. The van der Waals surface area contributed by atoms with E-state index in [0.29, 0.717) is 12.0 Å². The van der Waals surface area contributed by atoms with Gasteiger partial charge in [0.2, 0.25) is 6.41 Å². The Hall–Kier alpha value is -1.40. The van der Waals surface area contributed by atoms with Crippen LogP contribution in [0.5, 0.6) is 0 Å². The quantitative estimate of drug-likeness (QED) is 0.803. The minimum absolute atomic E-state index is 0.254. The third-order valence-electron chi connectivity index (χ3n) is 6.45. The average Bonchev–Trinajstić information content (AvgIpc) is 3.24. The van der Waals surface area contributed by atoms with Crippen molar-refractivity contribution >= 4 is 23.7 Å². The lowest BCUT2D eigenvalue weighted by atomic mass is 9.78. The van der Waals surface area contributed by atoms with Crippen LogP contribution in [0.2, 0.25) is 0 Å². The van der Waals surface area contributed by atoms with Gasteiger partial charge in [-0.25, -0.2) is 0 Å². The standard InChI is InChI=1S/C20H28N2O2S.CH5N/c23-14-21-10-7-16(8-11-21)19-12-17(13-25-19)20(24)22-9-3-5-15-4-1-2-6-18(15)22;1-2/h12-16,18H,1-11H2;2H2,1H3. The van der Waals surface area contributed by atoms with Crippen molar-refractivity contribution in [1.82, 2.24) is 9.80 Å². The van der Waals surface area contributed by atoms with E-state index in [9.17, 15) is 9.59 Å². The van der Waals surface area contributed by atoms with Crippen LogP contribution < -0.4 is 5.73 Å². The highest BCUT2D eigenvalue weighted by molar-refractivity contribution is 7.10. The van der Waals surface area contributed by atoms with Crippen molar-refractivity contribution in [3.63, 3.8) is 0 Å². The topological polar surface area (TPSA) is 66.6 Å². The van der Waals surface area contributed by atoms with Gasteiger partial charge in [-0.3, -0.25) is 9.59 Å². The molecule has 3 heterocycles. The summed E-state index contributed by atoms with van der Waals surface area (Å²) in [6.07, 6.45) is 10.6. The van der Waals surface area contributed by atoms with Crippen molar-refractivity contribution in [3.8, 4) is 0 Å². The van der Waals surface area contributed by atoms with Gasteiger partial charge in [0.05, 0.1) is 5.56 Å². The second-order valence-electron chi connectivity index (χ2n) is 7.91. The number of piperidine rings is 2. The molecule has 5 nitrogen and oxygen atoms in total. The van der Waals surface area contributed by atoms with Gasteiger partial charge in [0.1, 0.15) is 0 Å². The zero-order valence-electron chi connectivity index (χ0n) is 16.4. The zero-order valence-corrected chi connectivity index (χ0v) is 17.3. The van der Waals surface area contributed by atoms with Gasteiger partial charge in [0, 0.05) is 35.9 Å². The van der Waals surface area contributed by atoms with E-state index in [0.717, 1.165) is 56.8 Å². The third kappa shape index (κ3) is 4.54. The first-order valence-corrected chi connectivity index (χ1v) is 11.3. The van der Waals surface area contributed by atoms with Gasteiger partial charge in [-0.1, -0.05) is 12.8 Å². The molecule has 0 spiro atoms. The molecule has 2 N–H and O–H groups in total. The smallest absolute Gasteiger partial charge is 0.254 e. The lowest BCUT2D eigenvalue weighted by molar-refractivity contribution is -0.119. The van der Waals surface area contributed by atoms with Gasteiger partial charge >= 0.3 is 0 Å². The molecule has 0 radical (unpaired) electrons. The molecule has 1 aromatic rings. The Balaban J connectivity index is 0.00000102. The van der Waals surface area contributed by atoms with Crippen LogP contribution in [0.3, 0.4) is 0 Å². The molecule has 2 atom stereocenters. The van der Waals surface area contributed by atoms with Gasteiger partial charge in [0.25, 0.3) is 5.91 Å². The SMILES string of the molecule is CN.O=CN1CCC(c2cc(C(=O)N3CCCC4CCCCC43)cs2)CC1. The van der Waals surface area contributed by atoms with Crippen LogP contribution in [0, 0.1) is 5.92 Å². The first kappa shape index (κ1) is 20.3. The maximum absolute atomic E-state index is 13.1. The molecule has 150 valence electrons. The van der Waals surface area contributed by atoms with E-state index in [4.69, 9.17) is 0 Å². The average molecular weight is 392 g/mol. The lowest BCUT2D eigenvalue weighted by Crippen LogP contribution is -2.49. The van der Waals surface area contributed by atoms with E-state index in [-0.39, 0.29) is 5.91 Å². The Labute approximate surface area is 166 Å². The van der Waals surface area contributed by atoms with E-state index in [2.05, 4.69) is 22.1 Å². The Kier molecular flexibility index (Phi) is 7.30. The van der Waals surface area contributed by atoms with Gasteiger partial charge < -0.3 is 15.5 Å². The molecule has 2 unspecified atom stereocenters. The Morgan fingerprint density at radius 2 is 1.78 bits per heavy atom. The summed E-state index contributed by atoms with van der Waals surface area (Å²) in [6, 6.07) is 2.62. The van der Waals surface area contributed by atoms with E-state index in [1.165, 1.54) is 44.0 Å². The summed E-state index contributed by atoms with van der Waals surface area (Å²) in [7, 11) is 1.50. The van der Waals surface area contributed by atoms with Gasteiger partial charge in [-0.15, -0.1) is 11.3 Å². The largest absolute Gasteiger partial charge is 0.345 e. The first-order chi connectivity index (χ1) is 13.3. The molecule has 1 aliphatic carbocycles. The number of hydrogen-bond acceptors (Lipinski definition) is 4. The summed E-state index contributed by atoms with van der Waals surface area (Å²) in [5, 5.41) is 2.07. The molecule has 3 aliphatic rings. The molecule has 1 saturated carbocycles. The number of amides is 2.